The first-order chi connectivity index (χ1) is 9.27. The maximum absolute atomic E-state index is 11.7. The predicted molar refractivity (Wildman–Crippen MR) is 74.0 cm³/mol. The molecule has 0 saturated carbocycles. The molecule has 0 aromatic carbocycles. The molecule has 0 radical (unpaired) electrons. The van der Waals surface area contributed by atoms with Crippen molar-refractivity contribution >= 4 is 11.6 Å². The summed E-state index contributed by atoms with van der Waals surface area (Å²) in [4.78, 5) is 19.6. The molecule has 2 rings (SSSR count). The summed E-state index contributed by atoms with van der Waals surface area (Å²) in [5.74, 6) is -0.0874. The summed E-state index contributed by atoms with van der Waals surface area (Å²) in [6.45, 7) is 3.22. The second-order valence-electron chi connectivity index (χ2n) is 4.11. The molecule has 0 aliphatic carbocycles. The number of aryl methyl sites for hydroxylation is 1. The summed E-state index contributed by atoms with van der Waals surface area (Å²) in [5, 5.41) is 6.10. The highest BCUT2D eigenvalue weighted by molar-refractivity contribution is 5.93. The Kier molecular flexibility index (Phi) is 4.44. The lowest BCUT2D eigenvalue weighted by Crippen LogP contribution is -2.28. The van der Waals surface area contributed by atoms with Crippen LogP contribution in [0.15, 0.2) is 43.0 Å². The van der Waals surface area contributed by atoms with Crippen LogP contribution in [0.4, 0.5) is 5.69 Å². The highest BCUT2D eigenvalue weighted by Crippen LogP contribution is 2.10. The summed E-state index contributed by atoms with van der Waals surface area (Å²) in [6.07, 6.45) is 6.75. The van der Waals surface area contributed by atoms with Gasteiger partial charge in [-0.15, -0.1) is 0 Å². The number of hydrogen-bond donors (Lipinski definition) is 2. The van der Waals surface area contributed by atoms with Gasteiger partial charge in [0.15, 0.2) is 0 Å². The van der Waals surface area contributed by atoms with Gasteiger partial charge in [0.2, 0.25) is 0 Å². The number of carbonyl (C=O) groups excluding carboxylic acids is 1. The van der Waals surface area contributed by atoms with Crippen molar-refractivity contribution in [2.75, 3.05) is 18.4 Å². The number of anilines is 1. The monoisotopic (exact) mass is 256 g/mol. The van der Waals surface area contributed by atoms with E-state index in [1.807, 2.05) is 13.0 Å². The van der Waals surface area contributed by atoms with Gasteiger partial charge in [-0.25, -0.2) is 0 Å². The van der Waals surface area contributed by atoms with E-state index in [0.717, 1.165) is 11.3 Å². The molecule has 19 heavy (non-hydrogen) atoms. The molecule has 0 atom stereocenters. The molecular weight excluding hydrogens is 240 g/mol. The molecule has 0 spiro atoms. The van der Waals surface area contributed by atoms with Gasteiger partial charge < -0.3 is 10.6 Å². The van der Waals surface area contributed by atoms with Crippen molar-refractivity contribution in [1.82, 2.24) is 15.3 Å². The molecule has 5 heteroatoms. The molecule has 0 bridgehead atoms. The minimum Gasteiger partial charge on any atom is -0.383 e. The van der Waals surface area contributed by atoms with Gasteiger partial charge in [-0.3, -0.25) is 14.8 Å². The molecule has 2 aromatic heterocycles. The fourth-order valence-corrected chi connectivity index (χ4v) is 1.65. The van der Waals surface area contributed by atoms with Gasteiger partial charge in [0.25, 0.3) is 5.91 Å². The molecule has 5 nitrogen and oxygen atoms in total. The fraction of sp³-hybridized carbons (Fsp3) is 0.214. The van der Waals surface area contributed by atoms with Crippen molar-refractivity contribution < 1.29 is 4.79 Å². The Morgan fingerprint density at radius 3 is 2.58 bits per heavy atom. The third kappa shape index (κ3) is 3.77. The lowest BCUT2D eigenvalue weighted by Gasteiger charge is -2.09. The lowest BCUT2D eigenvalue weighted by molar-refractivity contribution is 0.0955. The Balaban J connectivity index is 1.76. The van der Waals surface area contributed by atoms with E-state index in [2.05, 4.69) is 20.6 Å². The van der Waals surface area contributed by atoms with Gasteiger partial charge in [0, 0.05) is 49.1 Å². The maximum atomic E-state index is 11.7. The Hall–Kier alpha value is -2.43. The summed E-state index contributed by atoms with van der Waals surface area (Å²) in [7, 11) is 0. The molecule has 2 N–H and O–H groups in total. The number of amides is 1. The Bertz CT molecular complexity index is 542. The zero-order valence-electron chi connectivity index (χ0n) is 10.8. The number of nitrogens with one attached hydrogen (secondary N) is 2. The zero-order valence-corrected chi connectivity index (χ0v) is 10.8. The minimum absolute atomic E-state index is 0.0874. The molecular formula is C14H16N4O. The molecule has 1 amide bonds. The van der Waals surface area contributed by atoms with Crippen molar-refractivity contribution in [3.8, 4) is 0 Å². The second-order valence-corrected chi connectivity index (χ2v) is 4.11. The van der Waals surface area contributed by atoms with Crippen LogP contribution in [0.5, 0.6) is 0 Å². The first kappa shape index (κ1) is 13.0. The van der Waals surface area contributed by atoms with Crippen molar-refractivity contribution in [2.45, 2.75) is 6.92 Å². The fourth-order valence-electron chi connectivity index (χ4n) is 1.65. The first-order valence-corrected chi connectivity index (χ1v) is 6.10. The number of aromatic nitrogens is 2. The van der Waals surface area contributed by atoms with Gasteiger partial charge in [0.05, 0.1) is 0 Å². The van der Waals surface area contributed by atoms with E-state index in [-0.39, 0.29) is 5.91 Å². The SMILES string of the molecule is Cc1cnccc1NCCNC(=O)c1ccncc1. The Morgan fingerprint density at radius 1 is 1.11 bits per heavy atom. The number of nitrogens with zero attached hydrogens (tertiary/aromatic N) is 2. The molecule has 2 heterocycles. The summed E-state index contributed by atoms with van der Waals surface area (Å²) < 4.78 is 0. The molecule has 0 fully saturated rings. The van der Waals surface area contributed by atoms with Crippen molar-refractivity contribution in [1.29, 1.82) is 0 Å². The van der Waals surface area contributed by atoms with E-state index < -0.39 is 0 Å². The predicted octanol–water partition coefficient (Wildman–Crippen LogP) is 1.63. The Labute approximate surface area is 112 Å². The minimum atomic E-state index is -0.0874. The van der Waals surface area contributed by atoms with Crippen LogP contribution < -0.4 is 10.6 Å². The number of carbonyl (C=O) groups is 1. The normalized spacial score (nSPS) is 9.95. The van der Waals surface area contributed by atoms with Crippen LogP contribution in [0, 0.1) is 6.92 Å². The standard InChI is InChI=1S/C14H16N4O/c1-11-10-16-7-4-13(11)17-8-9-18-14(19)12-2-5-15-6-3-12/h2-7,10H,8-9H2,1H3,(H,16,17)(H,18,19). The molecule has 2 aromatic rings. The quantitative estimate of drug-likeness (QED) is 0.798. The van der Waals surface area contributed by atoms with E-state index in [1.54, 1.807) is 36.9 Å². The molecule has 0 aliphatic rings. The van der Waals surface area contributed by atoms with Crippen LogP contribution in [-0.2, 0) is 0 Å². The van der Waals surface area contributed by atoms with Crippen LogP contribution in [0.2, 0.25) is 0 Å². The van der Waals surface area contributed by atoms with Crippen molar-refractivity contribution in [2.24, 2.45) is 0 Å². The summed E-state index contributed by atoms with van der Waals surface area (Å²) in [6, 6.07) is 5.30. The highest BCUT2D eigenvalue weighted by Gasteiger charge is 2.03. The van der Waals surface area contributed by atoms with E-state index >= 15 is 0 Å². The van der Waals surface area contributed by atoms with E-state index in [9.17, 15) is 4.79 Å². The average Bonchev–Trinajstić information content (AvgIpc) is 2.46. The van der Waals surface area contributed by atoms with Gasteiger partial charge in [-0.05, 0) is 30.7 Å². The number of rotatable bonds is 5. The van der Waals surface area contributed by atoms with E-state index in [4.69, 9.17) is 0 Å². The third-order valence-electron chi connectivity index (χ3n) is 2.69. The van der Waals surface area contributed by atoms with Crippen LogP contribution in [0.1, 0.15) is 15.9 Å². The summed E-state index contributed by atoms with van der Waals surface area (Å²) >= 11 is 0. The van der Waals surface area contributed by atoms with E-state index in [1.165, 1.54) is 0 Å². The van der Waals surface area contributed by atoms with Crippen molar-refractivity contribution in [3.05, 3.63) is 54.1 Å². The van der Waals surface area contributed by atoms with E-state index in [0.29, 0.717) is 18.7 Å². The van der Waals surface area contributed by atoms with Crippen molar-refractivity contribution in [3.63, 3.8) is 0 Å². The van der Waals surface area contributed by atoms with Gasteiger partial charge in [-0.1, -0.05) is 0 Å². The molecule has 0 unspecified atom stereocenters. The second kappa shape index (κ2) is 6.49. The first-order valence-electron chi connectivity index (χ1n) is 6.10. The van der Waals surface area contributed by atoms with Crippen LogP contribution >= 0.6 is 0 Å². The van der Waals surface area contributed by atoms with Gasteiger partial charge in [-0.2, -0.15) is 0 Å². The Morgan fingerprint density at radius 2 is 1.84 bits per heavy atom. The third-order valence-corrected chi connectivity index (χ3v) is 2.69. The van der Waals surface area contributed by atoms with Crippen LogP contribution in [0.3, 0.4) is 0 Å². The molecule has 0 saturated heterocycles. The number of hydrogen-bond acceptors (Lipinski definition) is 4. The maximum Gasteiger partial charge on any atom is 0.251 e. The lowest BCUT2D eigenvalue weighted by atomic mass is 10.2. The largest absolute Gasteiger partial charge is 0.383 e. The highest BCUT2D eigenvalue weighted by atomic mass is 16.1. The zero-order chi connectivity index (χ0) is 13.5. The smallest absolute Gasteiger partial charge is 0.251 e. The average molecular weight is 256 g/mol. The van der Waals surface area contributed by atoms with Crippen LogP contribution in [-0.4, -0.2) is 29.0 Å². The van der Waals surface area contributed by atoms with Gasteiger partial charge >= 0.3 is 0 Å². The molecule has 0 aliphatic heterocycles. The van der Waals surface area contributed by atoms with Crippen LogP contribution in [0.25, 0.3) is 0 Å². The number of pyridine rings is 2. The molecule has 98 valence electrons. The summed E-state index contributed by atoms with van der Waals surface area (Å²) in [5.41, 5.74) is 2.74. The van der Waals surface area contributed by atoms with Gasteiger partial charge in [0.1, 0.15) is 0 Å². The topological polar surface area (TPSA) is 66.9 Å².